The Balaban J connectivity index is 1.73. The summed E-state index contributed by atoms with van der Waals surface area (Å²) in [4.78, 5) is 27.6. The zero-order valence-corrected chi connectivity index (χ0v) is 21.3. The van der Waals surface area contributed by atoms with Gasteiger partial charge in [0.25, 0.3) is 0 Å². The van der Waals surface area contributed by atoms with E-state index in [4.69, 9.17) is 34.8 Å². The van der Waals surface area contributed by atoms with E-state index in [1.54, 1.807) is 31.2 Å². The molecule has 0 spiro atoms. The van der Waals surface area contributed by atoms with Gasteiger partial charge in [0.2, 0.25) is 11.8 Å². The second-order valence-electron chi connectivity index (χ2n) is 8.08. The molecule has 0 aromatic heterocycles. The minimum Gasteiger partial charge on any atom is -0.352 e. The summed E-state index contributed by atoms with van der Waals surface area (Å²) in [5.41, 5.74) is 0.932. The van der Waals surface area contributed by atoms with Crippen LogP contribution in [0.5, 0.6) is 0 Å². The Labute approximate surface area is 213 Å². The normalized spacial score (nSPS) is 14.8. The van der Waals surface area contributed by atoms with Gasteiger partial charge in [0, 0.05) is 44.5 Å². The van der Waals surface area contributed by atoms with Gasteiger partial charge in [-0.15, -0.1) is 11.8 Å². The van der Waals surface area contributed by atoms with E-state index in [1.165, 1.54) is 28.8 Å². The first-order valence-electron chi connectivity index (χ1n) is 10.8. The highest BCUT2D eigenvalue weighted by Gasteiger charge is 2.29. The lowest BCUT2D eigenvalue weighted by molar-refractivity contribution is -0.138. The first-order valence-corrected chi connectivity index (χ1v) is 13.1. The van der Waals surface area contributed by atoms with E-state index >= 15 is 0 Å². The number of hydrogen-bond donors (Lipinski definition) is 1. The predicted octanol–water partition coefficient (Wildman–Crippen LogP) is 6.50. The van der Waals surface area contributed by atoms with Gasteiger partial charge < -0.3 is 10.2 Å². The molecule has 3 rings (SSSR count). The molecule has 0 unspecified atom stereocenters. The minimum absolute atomic E-state index is 0.0494. The minimum atomic E-state index is -0.719. The highest BCUT2D eigenvalue weighted by atomic mass is 35.5. The summed E-state index contributed by atoms with van der Waals surface area (Å²) in [6.07, 6.45) is 4.07. The molecule has 0 radical (unpaired) electrons. The number of benzene rings is 2. The molecule has 1 aliphatic carbocycles. The molecule has 178 valence electrons. The van der Waals surface area contributed by atoms with Crippen LogP contribution in [0.3, 0.4) is 0 Å². The predicted molar refractivity (Wildman–Crippen MR) is 134 cm³/mol. The Bertz CT molecular complexity index is 961. The van der Waals surface area contributed by atoms with Crippen LogP contribution in [0, 0.1) is 5.82 Å². The van der Waals surface area contributed by atoms with Crippen LogP contribution < -0.4 is 5.32 Å². The fourth-order valence-corrected chi connectivity index (χ4v) is 5.59. The summed E-state index contributed by atoms with van der Waals surface area (Å²) in [7, 11) is 0. The van der Waals surface area contributed by atoms with Crippen LogP contribution in [0.15, 0.2) is 36.4 Å². The summed E-state index contributed by atoms with van der Waals surface area (Å²) < 4.78 is 14.1. The highest BCUT2D eigenvalue weighted by Crippen LogP contribution is 2.28. The van der Waals surface area contributed by atoms with Gasteiger partial charge in [-0.1, -0.05) is 59.8 Å². The number of amides is 2. The third kappa shape index (κ3) is 7.01. The fraction of sp³-hybridized carbons (Fsp3) is 0.417. The molecule has 0 saturated heterocycles. The highest BCUT2D eigenvalue weighted by molar-refractivity contribution is 7.99. The average molecular weight is 532 g/mol. The molecular formula is C24H26Cl3FN2O2S. The molecule has 0 bridgehead atoms. The number of nitrogens with one attached hydrogen (secondary N) is 1. The molecule has 2 aromatic rings. The molecular weight excluding hydrogens is 506 g/mol. The Morgan fingerprint density at radius 3 is 2.24 bits per heavy atom. The number of nitrogens with zero attached hydrogens (tertiary/aromatic N) is 1. The fourth-order valence-electron chi connectivity index (χ4n) is 3.82. The number of carbonyl (C=O) groups is 2. The van der Waals surface area contributed by atoms with E-state index in [1.807, 2.05) is 0 Å². The molecule has 1 saturated carbocycles. The molecule has 9 heteroatoms. The molecule has 0 heterocycles. The molecule has 33 heavy (non-hydrogen) atoms. The van der Waals surface area contributed by atoms with Crippen molar-refractivity contribution in [1.29, 1.82) is 0 Å². The molecule has 2 amide bonds. The summed E-state index contributed by atoms with van der Waals surface area (Å²) in [5, 5.41) is 4.22. The largest absolute Gasteiger partial charge is 0.352 e. The van der Waals surface area contributed by atoms with Crippen LogP contribution in [-0.4, -0.2) is 34.6 Å². The van der Waals surface area contributed by atoms with Gasteiger partial charge in [-0.05, 0) is 44.0 Å². The Morgan fingerprint density at radius 2 is 1.64 bits per heavy atom. The maximum Gasteiger partial charge on any atom is 0.242 e. The zero-order valence-electron chi connectivity index (χ0n) is 18.3. The van der Waals surface area contributed by atoms with Crippen molar-refractivity contribution in [2.45, 2.75) is 57.0 Å². The monoisotopic (exact) mass is 530 g/mol. The molecule has 4 nitrogen and oxygen atoms in total. The van der Waals surface area contributed by atoms with E-state index in [0.29, 0.717) is 26.2 Å². The summed E-state index contributed by atoms with van der Waals surface area (Å²) in [6, 6.07) is 9.03. The van der Waals surface area contributed by atoms with Crippen molar-refractivity contribution in [3.63, 3.8) is 0 Å². The second kappa shape index (κ2) is 12.3. The van der Waals surface area contributed by atoms with Crippen molar-refractivity contribution < 1.29 is 14.0 Å². The first-order chi connectivity index (χ1) is 15.8. The topological polar surface area (TPSA) is 49.4 Å². The summed E-state index contributed by atoms with van der Waals surface area (Å²) in [6.45, 7) is 1.79. The van der Waals surface area contributed by atoms with Crippen LogP contribution in [0.1, 0.15) is 43.7 Å². The maximum absolute atomic E-state index is 14.1. The SMILES string of the molecule is C[C@@H](C(=O)NC1CCCC1)N(Cc1c(Cl)cccc1Cl)C(=O)CSCc1c(F)cccc1Cl. The van der Waals surface area contributed by atoms with Crippen LogP contribution in [0.4, 0.5) is 4.39 Å². The van der Waals surface area contributed by atoms with E-state index in [0.717, 1.165) is 25.7 Å². The second-order valence-corrected chi connectivity index (χ2v) is 10.3. The maximum atomic E-state index is 14.1. The summed E-state index contributed by atoms with van der Waals surface area (Å²) >= 11 is 20.0. The Kier molecular flexibility index (Phi) is 9.74. The quantitative estimate of drug-likeness (QED) is 0.402. The number of thioether (sulfide) groups is 1. The average Bonchev–Trinajstić information content (AvgIpc) is 3.28. The lowest BCUT2D eigenvalue weighted by Gasteiger charge is -2.30. The van der Waals surface area contributed by atoms with Gasteiger partial charge in [0.15, 0.2) is 0 Å². The van der Waals surface area contributed by atoms with Gasteiger partial charge in [0.05, 0.1) is 5.75 Å². The lowest BCUT2D eigenvalue weighted by atomic mass is 10.1. The van der Waals surface area contributed by atoms with Crippen molar-refractivity contribution >= 4 is 58.4 Å². The van der Waals surface area contributed by atoms with Crippen LogP contribution >= 0.6 is 46.6 Å². The number of hydrogen-bond acceptors (Lipinski definition) is 3. The molecule has 1 atom stereocenters. The van der Waals surface area contributed by atoms with Gasteiger partial charge in [-0.2, -0.15) is 0 Å². The number of carbonyl (C=O) groups excluding carboxylic acids is 2. The van der Waals surface area contributed by atoms with E-state index in [-0.39, 0.29) is 35.9 Å². The standard InChI is InChI=1S/C24H26Cl3FN2O2S/c1-15(24(32)29-16-6-2-3-7-16)30(12-17-19(25)8-4-9-20(17)26)23(31)14-33-13-18-21(27)10-5-11-22(18)28/h4-5,8-11,15-16H,2-3,6-7,12-14H2,1H3,(H,29,32)/t15-/m0/s1. The molecule has 1 aliphatic rings. The van der Waals surface area contributed by atoms with Gasteiger partial charge in [-0.3, -0.25) is 9.59 Å². The van der Waals surface area contributed by atoms with Crippen molar-refractivity contribution in [2.75, 3.05) is 5.75 Å². The van der Waals surface area contributed by atoms with Crippen LogP contribution in [-0.2, 0) is 21.9 Å². The van der Waals surface area contributed by atoms with Crippen molar-refractivity contribution in [3.05, 3.63) is 68.4 Å². The Morgan fingerprint density at radius 1 is 1.06 bits per heavy atom. The van der Waals surface area contributed by atoms with E-state index < -0.39 is 11.9 Å². The van der Waals surface area contributed by atoms with Crippen molar-refractivity contribution in [1.82, 2.24) is 10.2 Å². The zero-order chi connectivity index (χ0) is 24.0. The lowest BCUT2D eigenvalue weighted by Crippen LogP contribution is -2.50. The van der Waals surface area contributed by atoms with E-state index in [2.05, 4.69) is 5.32 Å². The number of rotatable bonds is 9. The number of halogens is 4. The third-order valence-electron chi connectivity index (χ3n) is 5.79. The molecule has 1 N–H and O–H groups in total. The third-order valence-corrected chi connectivity index (χ3v) is 7.80. The summed E-state index contributed by atoms with van der Waals surface area (Å²) in [5.74, 6) is -0.599. The van der Waals surface area contributed by atoms with Gasteiger partial charge >= 0.3 is 0 Å². The van der Waals surface area contributed by atoms with Crippen LogP contribution in [0.2, 0.25) is 15.1 Å². The first kappa shape index (κ1) is 26.1. The smallest absolute Gasteiger partial charge is 0.242 e. The van der Waals surface area contributed by atoms with Gasteiger partial charge in [-0.25, -0.2) is 4.39 Å². The Hall–Kier alpha value is -1.47. The van der Waals surface area contributed by atoms with E-state index in [9.17, 15) is 14.0 Å². The molecule has 1 fully saturated rings. The molecule has 0 aliphatic heterocycles. The molecule has 2 aromatic carbocycles. The van der Waals surface area contributed by atoms with Crippen LogP contribution in [0.25, 0.3) is 0 Å². The van der Waals surface area contributed by atoms with Crippen molar-refractivity contribution in [2.24, 2.45) is 0 Å². The van der Waals surface area contributed by atoms with Crippen molar-refractivity contribution in [3.8, 4) is 0 Å². The van der Waals surface area contributed by atoms with Gasteiger partial charge in [0.1, 0.15) is 11.9 Å².